The number of fused-ring (bicyclic) bond motifs is 6. The van der Waals surface area contributed by atoms with Gasteiger partial charge in [0.1, 0.15) is 11.5 Å². The van der Waals surface area contributed by atoms with E-state index < -0.39 is 0 Å². The Labute approximate surface area is 323 Å². The molecular formula is C51H33N5. The van der Waals surface area contributed by atoms with Gasteiger partial charge in [0.15, 0.2) is 5.82 Å². The summed E-state index contributed by atoms with van der Waals surface area (Å²) in [5.41, 5.74) is 12.3. The molecule has 7 aromatic carbocycles. The highest BCUT2D eigenvalue weighted by atomic mass is 15.2. The van der Waals surface area contributed by atoms with Crippen molar-refractivity contribution in [3.8, 4) is 62.1 Å². The molecule has 262 valence electrons. The van der Waals surface area contributed by atoms with Crippen LogP contribution in [0.1, 0.15) is 0 Å². The fourth-order valence-corrected chi connectivity index (χ4v) is 8.19. The van der Waals surface area contributed by atoms with Gasteiger partial charge in [0.25, 0.3) is 0 Å². The van der Waals surface area contributed by atoms with Crippen LogP contribution in [0.25, 0.3) is 100 Å². The van der Waals surface area contributed by atoms with E-state index >= 15 is 0 Å². The first-order valence-corrected chi connectivity index (χ1v) is 18.9. The molecule has 0 radical (unpaired) electrons. The molecule has 0 aliphatic rings. The van der Waals surface area contributed by atoms with E-state index in [1.807, 2.05) is 6.07 Å². The molecule has 11 rings (SSSR count). The van der Waals surface area contributed by atoms with Gasteiger partial charge in [0.2, 0.25) is 0 Å². The molecule has 0 bridgehead atoms. The highest BCUT2D eigenvalue weighted by Gasteiger charge is 2.23. The van der Waals surface area contributed by atoms with Crippen LogP contribution in [0.2, 0.25) is 0 Å². The van der Waals surface area contributed by atoms with Crippen molar-refractivity contribution in [2.24, 2.45) is 0 Å². The van der Waals surface area contributed by atoms with Gasteiger partial charge in [-0.05, 0) is 35.2 Å². The first-order chi connectivity index (χ1) is 27.8. The third-order valence-corrected chi connectivity index (χ3v) is 10.7. The van der Waals surface area contributed by atoms with Gasteiger partial charge in [-0.25, -0.2) is 14.5 Å². The van der Waals surface area contributed by atoms with Gasteiger partial charge >= 0.3 is 0 Å². The van der Waals surface area contributed by atoms with Crippen molar-refractivity contribution in [1.82, 2.24) is 24.1 Å². The van der Waals surface area contributed by atoms with Crippen molar-refractivity contribution >= 4 is 38.1 Å². The second-order valence-corrected chi connectivity index (χ2v) is 14.1. The summed E-state index contributed by atoms with van der Waals surface area (Å²) in [5.74, 6) is 1.47. The van der Waals surface area contributed by atoms with Crippen LogP contribution in [-0.2, 0) is 0 Å². The minimum Gasteiger partial charge on any atom is -0.294 e. The first kappa shape index (κ1) is 31.9. The quantitative estimate of drug-likeness (QED) is 0.172. The second kappa shape index (κ2) is 13.0. The molecule has 0 aliphatic carbocycles. The number of aromatic nitrogens is 5. The zero-order valence-electron chi connectivity index (χ0n) is 30.3. The molecule has 0 saturated carbocycles. The Hall–Kier alpha value is -7.63. The highest BCUT2D eigenvalue weighted by Crippen LogP contribution is 2.42. The molecule has 0 fully saturated rings. The molecule has 0 N–H and O–H groups in total. The summed E-state index contributed by atoms with van der Waals surface area (Å²) >= 11 is 0. The molecule has 56 heavy (non-hydrogen) atoms. The van der Waals surface area contributed by atoms with E-state index in [1.54, 1.807) is 0 Å². The Morgan fingerprint density at radius 1 is 0.393 bits per heavy atom. The lowest BCUT2D eigenvalue weighted by molar-refractivity contribution is 0.979. The lowest BCUT2D eigenvalue weighted by Gasteiger charge is -2.13. The number of hydrogen-bond acceptors (Lipinski definition) is 3. The smallest absolute Gasteiger partial charge is 0.162 e. The maximum absolute atomic E-state index is 5.43. The van der Waals surface area contributed by atoms with Crippen LogP contribution >= 0.6 is 0 Å². The minimum absolute atomic E-state index is 0.651. The van der Waals surface area contributed by atoms with Gasteiger partial charge < -0.3 is 0 Å². The fourth-order valence-electron chi connectivity index (χ4n) is 8.19. The molecule has 0 atom stereocenters. The third-order valence-electron chi connectivity index (χ3n) is 10.7. The normalized spacial score (nSPS) is 11.6. The van der Waals surface area contributed by atoms with Crippen LogP contribution in [0.15, 0.2) is 200 Å². The average molecular weight is 716 g/mol. The Bertz CT molecular complexity index is 3180. The van der Waals surface area contributed by atoms with Gasteiger partial charge in [0.05, 0.1) is 27.9 Å². The number of rotatable bonds is 6. The summed E-state index contributed by atoms with van der Waals surface area (Å²) in [6.07, 6.45) is 0. The predicted octanol–water partition coefficient (Wildman–Crippen LogP) is 12.7. The zero-order chi connectivity index (χ0) is 37.0. The average Bonchev–Trinajstić information content (AvgIpc) is 3.85. The van der Waals surface area contributed by atoms with E-state index in [9.17, 15) is 0 Å². The van der Waals surface area contributed by atoms with Gasteiger partial charge in [-0.2, -0.15) is 5.10 Å². The first-order valence-electron chi connectivity index (χ1n) is 18.9. The van der Waals surface area contributed by atoms with E-state index in [2.05, 4.69) is 203 Å². The van der Waals surface area contributed by atoms with Crippen molar-refractivity contribution < 1.29 is 0 Å². The number of pyridine rings is 1. The Morgan fingerprint density at radius 2 is 0.946 bits per heavy atom. The molecule has 0 amide bonds. The number of hydrogen-bond donors (Lipinski definition) is 0. The molecule has 5 heteroatoms. The lowest BCUT2D eigenvalue weighted by Crippen LogP contribution is -2.02. The Morgan fingerprint density at radius 3 is 1.64 bits per heavy atom. The van der Waals surface area contributed by atoms with Crippen LogP contribution in [0.4, 0.5) is 0 Å². The molecule has 0 saturated heterocycles. The molecule has 4 aromatic heterocycles. The maximum atomic E-state index is 5.43. The Balaban J connectivity index is 1.18. The third kappa shape index (κ3) is 5.21. The SMILES string of the molecule is c1ccc(-c2cc(-n3c4ccccc4c4ccccc43)nc(-c3cccc(-c4c(-c5ccccc5)nn5c(-c6ccccc6)cc6ccccc6c45)c3)n2)cc1. The predicted molar refractivity (Wildman–Crippen MR) is 230 cm³/mol. The van der Waals surface area contributed by atoms with Gasteiger partial charge in [-0.15, -0.1) is 0 Å². The fraction of sp³-hybridized carbons (Fsp3) is 0. The molecule has 11 aromatic rings. The molecule has 0 unspecified atom stereocenters. The van der Waals surface area contributed by atoms with E-state index in [1.165, 1.54) is 10.8 Å². The van der Waals surface area contributed by atoms with Crippen molar-refractivity contribution in [1.29, 1.82) is 0 Å². The Kier molecular flexibility index (Phi) is 7.42. The van der Waals surface area contributed by atoms with Crippen LogP contribution in [-0.4, -0.2) is 24.1 Å². The molecule has 0 spiro atoms. The van der Waals surface area contributed by atoms with Gasteiger partial charge in [-0.3, -0.25) is 4.57 Å². The summed E-state index contributed by atoms with van der Waals surface area (Å²) in [6, 6.07) is 70.1. The van der Waals surface area contributed by atoms with Gasteiger partial charge in [0, 0.05) is 50.0 Å². The summed E-state index contributed by atoms with van der Waals surface area (Å²) < 4.78 is 4.40. The molecule has 5 nitrogen and oxygen atoms in total. The van der Waals surface area contributed by atoms with Crippen LogP contribution in [0.5, 0.6) is 0 Å². The minimum atomic E-state index is 0.651. The molecule has 0 aliphatic heterocycles. The van der Waals surface area contributed by atoms with Crippen LogP contribution < -0.4 is 0 Å². The monoisotopic (exact) mass is 715 g/mol. The standard InChI is InChI=1S/C51H33N5/c1-4-17-34(18-5-1)43-33-47(55-44-29-14-12-27-41(44)42-28-13-15-30-45(42)55)53-51(52-43)39-25-16-24-38(31-39)48-49(36-21-8-3-9-22-36)54-56-46(35-19-6-2-7-20-35)32-37-23-10-11-26-40(37)50(48)56/h1-33H. The summed E-state index contributed by atoms with van der Waals surface area (Å²) in [5, 5.41) is 10.1. The van der Waals surface area contributed by atoms with Crippen LogP contribution in [0, 0.1) is 0 Å². The summed E-state index contributed by atoms with van der Waals surface area (Å²) in [7, 11) is 0. The molecular weight excluding hydrogens is 683 g/mol. The largest absolute Gasteiger partial charge is 0.294 e. The summed E-state index contributed by atoms with van der Waals surface area (Å²) in [4.78, 5) is 10.6. The van der Waals surface area contributed by atoms with E-state index in [-0.39, 0.29) is 0 Å². The zero-order valence-corrected chi connectivity index (χ0v) is 30.3. The highest BCUT2D eigenvalue weighted by molar-refractivity contribution is 6.10. The number of para-hydroxylation sites is 2. The van der Waals surface area contributed by atoms with Crippen LogP contribution in [0.3, 0.4) is 0 Å². The maximum Gasteiger partial charge on any atom is 0.162 e. The lowest BCUT2D eigenvalue weighted by atomic mass is 9.95. The van der Waals surface area contributed by atoms with E-state index in [0.29, 0.717) is 5.82 Å². The topological polar surface area (TPSA) is 48.0 Å². The van der Waals surface area contributed by atoms with Crippen molar-refractivity contribution in [2.45, 2.75) is 0 Å². The van der Waals surface area contributed by atoms with Crippen molar-refractivity contribution in [3.05, 3.63) is 200 Å². The van der Waals surface area contributed by atoms with Crippen molar-refractivity contribution in [3.63, 3.8) is 0 Å². The number of nitrogens with zero attached hydrogens (tertiary/aromatic N) is 5. The van der Waals surface area contributed by atoms with Crippen molar-refractivity contribution in [2.75, 3.05) is 0 Å². The molecule has 4 heterocycles. The number of benzene rings is 7. The van der Waals surface area contributed by atoms with Gasteiger partial charge in [-0.1, -0.05) is 170 Å². The van der Waals surface area contributed by atoms with E-state index in [4.69, 9.17) is 15.1 Å². The summed E-state index contributed by atoms with van der Waals surface area (Å²) in [6.45, 7) is 0. The second-order valence-electron chi connectivity index (χ2n) is 14.1. The van der Waals surface area contributed by atoms with E-state index in [0.717, 1.165) is 83.6 Å².